The first kappa shape index (κ1) is 9.06. The van der Waals surface area contributed by atoms with E-state index in [4.69, 9.17) is 22.7 Å². The van der Waals surface area contributed by atoms with Crippen molar-refractivity contribution in [2.75, 3.05) is 0 Å². The lowest BCUT2D eigenvalue weighted by Gasteiger charge is -2.08. The first-order valence-corrected chi connectivity index (χ1v) is 3.99. The van der Waals surface area contributed by atoms with E-state index in [1.807, 2.05) is 6.92 Å². The summed E-state index contributed by atoms with van der Waals surface area (Å²) < 4.78 is 1.68. The number of hydrogen-bond acceptors (Lipinski definition) is 2. The van der Waals surface area contributed by atoms with Crippen LogP contribution >= 0.6 is 11.6 Å². The number of halogens is 1. The molecule has 0 radical (unpaired) electrons. The van der Waals surface area contributed by atoms with Gasteiger partial charge in [0.05, 0.1) is 23.6 Å². The molecule has 0 bridgehead atoms. The van der Waals surface area contributed by atoms with Crippen LogP contribution in [0.4, 0.5) is 0 Å². The van der Waals surface area contributed by atoms with Gasteiger partial charge in [0.2, 0.25) is 0 Å². The minimum Gasteiger partial charge on any atom is -0.387 e. The molecule has 1 aromatic heterocycles. The van der Waals surface area contributed by atoms with Gasteiger partial charge < -0.3 is 5.73 Å². The van der Waals surface area contributed by atoms with Crippen LogP contribution in [0.1, 0.15) is 6.92 Å². The molecule has 0 aliphatic rings. The van der Waals surface area contributed by atoms with Gasteiger partial charge in [-0.3, -0.25) is 10.1 Å². The molecule has 5 heteroatoms. The Morgan fingerprint density at radius 1 is 1.92 bits per heavy atom. The van der Waals surface area contributed by atoms with Gasteiger partial charge in [0, 0.05) is 12.1 Å². The normalized spacial score (nSPS) is 12.8. The van der Waals surface area contributed by atoms with Crippen LogP contribution in [0, 0.1) is 11.3 Å². The molecule has 0 saturated carbocycles. The van der Waals surface area contributed by atoms with E-state index >= 15 is 0 Å². The van der Waals surface area contributed by atoms with E-state index in [1.165, 1.54) is 0 Å². The van der Waals surface area contributed by atoms with Crippen molar-refractivity contribution >= 4 is 17.4 Å². The third-order valence-electron chi connectivity index (χ3n) is 1.59. The predicted octanol–water partition coefficient (Wildman–Crippen LogP) is 1.11. The fraction of sp³-hybridized carbons (Fsp3) is 0.429. The highest BCUT2D eigenvalue weighted by molar-refractivity contribution is 6.30. The first-order valence-electron chi connectivity index (χ1n) is 3.61. The summed E-state index contributed by atoms with van der Waals surface area (Å²) in [6.45, 7) is 2.47. The average molecular weight is 187 g/mol. The number of rotatable bonds is 3. The molecule has 0 aromatic carbocycles. The number of hydrogen-bond donors (Lipinski definition) is 2. The van der Waals surface area contributed by atoms with Gasteiger partial charge in [-0.15, -0.1) is 0 Å². The van der Waals surface area contributed by atoms with E-state index < -0.39 is 0 Å². The molecule has 1 atom stereocenters. The van der Waals surface area contributed by atoms with Crippen molar-refractivity contribution in [2.45, 2.75) is 13.5 Å². The maximum atomic E-state index is 7.16. The molecule has 1 heterocycles. The predicted molar refractivity (Wildman–Crippen MR) is 48.3 cm³/mol. The molecule has 1 aromatic rings. The summed E-state index contributed by atoms with van der Waals surface area (Å²) in [5.74, 6) is 0.169. The fourth-order valence-electron chi connectivity index (χ4n) is 0.817. The van der Waals surface area contributed by atoms with Gasteiger partial charge in [0.15, 0.2) is 0 Å². The Hall–Kier alpha value is -1.03. The van der Waals surface area contributed by atoms with E-state index in [1.54, 1.807) is 17.1 Å². The largest absolute Gasteiger partial charge is 0.387 e. The van der Waals surface area contributed by atoms with Crippen LogP contribution in [-0.2, 0) is 6.54 Å². The van der Waals surface area contributed by atoms with Crippen LogP contribution in [0.15, 0.2) is 12.4 Å². The minimum atomic E-state index is 0.000895. The molecule has 1 unspecified atom stereocenters. The van der Waals surface area contributed by atoms with Crippen molar-refractivity contribution < 1.29 is 0 Å². The smallest absolute Gasteiger partial charge is 0.0952 e. The standard InChI is InChI=1S/C7H11ClN4/c1-5(7(9)10)3-12-4-6(8)2-11-12/h2,4-5H,3H2,1H3,(H3,9,10). The van der Waals surface area contributed by atoms with Gasteiger partial charge in [-0.2, -0.15) is 5.10 Å². The Morgan fingerprint density at radius 2 is 2.58 bits per heavy atom. The average Bonchev–Trinajstić information content (AvgIpc) is 2.35. The molecule has 0 aliphatic heterocycles. The van der Waals surface area contributed by atoms with E-state index in [0.29, 0.717) is 11.6 Å². The molecule has 3 N–H and O–H groups in total. The molecule has 0 aliphatic carbocycles. The molecule has 1 rings (SSSR count). The number of amidine groups is 1. The third-order valence-corrected chi connectivity index (χ3v) is 1.79. The zero-order valence-electron chi connectivity index (χ0n) is 6.79. The summed E-state index contributed by atoms with van der Waals surface area (Å²) in [7, 11) is 0. The lowest BCUT2D eigenvalue weighted by atomic mass is 10.2. The van der Waals surface area contributed by atoms with Gasteiger partial charge in [-0.25, -0.2) is 0 Å². The van der Waals surface area contributed by atoms with Crippen molar-refractivity contribution in [2.24, 2.45) is 11.7 Å². The molecule has 0 saturated heterocycles. The van der Waals surface area contributed by atoms with Crippen LogP contribution in [0.5, 0.6) is 0 Å². The molecular weight excluding hydrogens is 176 g/mol. The molecule has 4 nitrogen and oxygen atoms in total. The second-order valence-corrected chi connectivity index (χ2v) is 3.17. The quantitative estimate of drug-likeness (QED) is 0.549. The lowest BCUT2D eigenvalue weighted by molar-refractivity contribution is 0.537. The molecule has 12 heavy (non-hydrogen) atoms. The van der Waals surface area contributed by atoms with Crippen molar-refractivity contribution in [1.29, 1.82) is 5.41 Å². The van der Waals surface area contributed by atoms with E-state index in [2.05, 4.69) is 5.10 Å². The van der Waals surface area contributed by atoms with Crippen molar-refractivity contribution in [3.63, 3.8) is 0 Å². The minimum absolute atomic E-state index is 0.000895. The van der Waals surface area contributed by atoms with Gasteiger partial charge >= 0.3 is 0 Å². The van der Waals surface area contributed by atoms with Crippen LogP contribution in [0.3, 0.4) is 0 Å². The summed E-state index contributed by atoms with van der Waals surface area (Å²) >= 11 is 5.66. The second kappa shape index (κ2) is 3.58. The number of nitrogens with zero attached hydrogens (tertiary/aromatic N) is 2. The first-order chi connectivity index (χ1) is 5.59. The number of aromatic nitrogens is 2. The zero-order chi connectivity index (χ0) is 9.14. The van der Waals surface area contributed by atoms with Crippen LogP contribution in [-0.4, -0.2) is 15.6 Å². The van der Waals surface area contributed by atoms with E-state index in [9.17, 15) is 0 Å². The van der Waals surface area contributed by atoms with Crippen LogP contribution in [0.2, 0.25) is 5.02 Å². The van der Waals surface area contributed by atoms with Gasteiger partial charge in [-0.1, -0.05) is 18.5 Å². The van der Waals surface area contributed by atoms with Crippen molar-refractivity contribution in [3.05, 3.63) is 17.4 Å². The highest BCUT2D eigenvalue weighted by Gasteiger charge is 2.06. The Morgan fingerprint density at radius 3 is 3.00 bits per heavy atom. The fourth-order valence-corrected chi connectivity index (χ4v) is 0.973. The molecule has 66 valence electrons. The molecule has 0 amide bonds. The molecular formula is C7H11ClN4. The Bertz CT molecular complexity index is 281. The maximum absolute atomic E-state index is 7.16. The van der Waals surface area contributed by atoms with Gasteiger partial charge in [0.1, 0.15) is 0 Å². The van der Waals surface area contributed by atoms with E-state index in [-0.39, 0.29) is 11.8 Å². The highest BCUT2D eigenvalue weighted by atomic mass is 35.5. The summed E-state index contributed by atoms with van der Waals surface area (Å²) in [5, 5.41) is 11.7. The Balaban J connectivity index is 2.58. The SMILES string of the molecule is CC(Cn1cc(Cl)cn1)C(=N)N. The van der Waals surface area contributed by atoms with E-state index in [0.717, 1.165) is 0 Å². The Kier molecular flexibility index (Phi) is 2.70. The third kappa shape index (κ3) is 2.23. The van der Waals surface area contributed by atoms with Gasteiger partial charge in [0.25, 0.3) is 0 Å². The molecule has 0 fully saturated rings. The monoisotopic (exact) mass is 186 g/mol. The number of nitrogens with two attached hydrogens (primary N) is 1. The van der Waals surface area contributed by atoms with Crippen molar-refractivity contribution in [1.82, 2.24) is 9.78 Å². The lowest BCUT2D eigenvalue weighted by Crippen LogP contribution is -2.24. The summed E-state index contributed by atoms with van der Waals surface area (Å²) in [5.41, 5.74) is 5.30. The highest BCUT2D eigenvalue weighted by Crippen LogP contribution is 2.06. The molecule has 0 spiro atoms. The summed E-state index contributed by atoms with van der Waals surface area (Å²) in [6, 6.07) is 0. The Labute approximate surface area is 75.8 Å². The topological polar surface area (TPSA) is 67.7 Å². The zero-order valence-corrected chi connectivity index (χ0v) is 7.54. The van der Waals surface area contributed by atoms with Gasteiger partial charge in [-0.05, 0) is 0 Å². The summed E-state index contributed by atoms with van der Waals surface area (Å²) in [6.07, 6.45) is 3.27. The van der Waals surface area contributed by atoms with Crippen molar-refractivity contribution in [3.8, 4) is 0 Å². The van der Waals surface area contributed by atoms with Crippen LogP contribution in [0.25, 0.3) is 0 Å². The maximum Gasteiger partial charge on any atom is 0.0952 e. The second-order valence-electron chi connectivity index (χ2n) is 2.74. The summed E-state index contributed by atoms with van der Waals surface area (Å²) in [4.78, 5) is 0. The van der Waals surface area contributed by atoms with Crippen LogP contribution < -0.4 is 5.73 Å². The number of nitrogens with one attached hydrogen (secondary N) is 1.